The number of piperidine rings is 1. The topological polar surface area (TPSA) is 75.0 Å². The average molecular weight is 374 g/mol. The van der Waals surface area contributed by atoms with Crippen LogP contribution in [-0.2, 0) is 4.79 Å². The quantitative estimate of drug-likeness (QED) is 0.818. The van der Waals surface area contributed by atoms with Gasteiger partial charge in [-0.25, -0.2) is 0 Å². The Kier molecular flexibility index (Phi) is 4.30. The highest BCUT2D eigenvalue weighted by Gasteiger charge is 2.49. The summed E-state index contributed by atoms with van der Waals surface area (Å²) in [5.74, 6) is -0.0105. The molecule has 1 atom stereocenters. The summed E-state index contributed by atoms with van der Waals surface area (Å²) in [4.78, 5) is 46.0. The Hall–Kier alpha value is -2.22. The van der Waals surface area contributed by atoms with E-state index in [1.54, 1.807) is 20.9 Å². The van der Waals surface area contributed by atoms with E-state index in [1.165, 1.54) is 17.4 Å². The van der Waals surface area contributed by atoms with E-state index in [4.69, 9.17) is 0 Å². The number of likely N-dealkylation sites (tertiary alicyclic amines) is 2. The largest absolute Gasteiger partial charge is 0.342 e. The molecule has 4 rings (SSSR count). The highest BCUT2D eigenvalue weighted by atomic mass is 32.1. The predicted octanol–water partition coefficient (Wildman–Crippen LogP) is 1.62. The van der Waals surface area contributed by atoms with Gasteiger partial charge < -0.3 is 9.80 Å². The molecule has 0 bridgehead atoms. The van der Waals surface area contributed by atoms with Gasteiger partial charge in [0.1, 0.15) is 5.69 Å². The minimum absolute atomic E-state index is 0.188. The summed E-state index contributed by atoms with van der Waals surface area (Å²) in [5, 5.41) is 1.80. The summed E-state index contributed by atoms with van der Waals surface area (Å²) in [5.41, 5.74) is -0.533. The minimum atomic E-state index is -0.450. The molecule has 0 radical (unpaired) electrons. The monoisotopic (exact) mass is 374 g/mol. The van der Waals surface area contributed by atoms with Crippen molar-refractivity contribution in [2.24, 2.45) is 5.41 Å². The third-order valence-corrected chi connectivity index (χ3v) is 6.25. The first-order chi connectivity index (χ1) is 12.5. The van der Waals surface area contributed by atoms with Crippen LogP contribution in [0, 0.1) is 5.41 Å². The van der Waals surface area contributed by atoms with Crippen molar-refractivity contribution in [3.63, 3.8) is 0 Å². The fourth-order valence-corrected chi connectivity index (χ4v) is 4.96. The van der Waals surface area contributed by atoms with Crippen LogP contribution in [0.3, 0.4) is 0 Å². The molecule has 2 saturated heterocycles. The molecule has 0 saturated carbocycles. The summed E-state index contributed by atoms with van der Waals surface area (Å²) >= 11 is 1.32. The number of hydrogen-bond donors (Lipinski definition) is 0. The van der Waals surface area contributed by atoms with Crippen LogP contribution in [0.5, 0.6) is 0 Å². The van der Waals surface area contributed by atoms with Gasteiger partial charge in [0.15, 0.2) is 4.96 Å². The SMILES string of the molecule is CCCN1CCC[C@@]2(CCN(C(=O)c3cc(=O)nc4sccn34)C2)C1=O. The third kappa shape index (κ3) is 2.72. The minimum Gasteiger partial charge on any atom is -0.342 e. The van der Waals surface area contributed by atoms with Gasteiger partial charge in [-0.05, 0) is 25.7 Å². The van der Waals surface area contributed by atoms with Crippen molar-refractivity contribution in [3.05, 3.63) is 33.7 Å². The molecule has 0 aliphatic carbocycles. The Balaban J connectivity index is 1.60. The summed E-state index contributed by atoms with van der Waals surface area (Å²) in [6, 6.07) is 1.29. The molecule has 2 amide bonds. The Labute approximate surface area is 155 Å². The van der Waals surface area contributed by atoms with Crippen LogP contribution < -0.4 is 5.56 Å². The van der Waals surface area contributed by atoms with Gasteiger partial charge in [-0.1, -0.05) is 6.92 Å². The van der Waals surface area contributed by atoms with Crippen LogP contribution in [0.2, 0.25) is 0 Å². The van der Waals surface area contributed by atoms with E-state index in [0.29, 0.717) is 30.2 Å². The van der Waals surface area contributed by atoms with E-state index < -0.39 is 11.0 Å². The number of fused-ring (bicyclic) bond motifs is 1. The van der Waals surface area contributed by atoms with Gasteiger partial charge in [-0.2, -0.15) is 4.98 Å². The Morgan fingerprint density at radius 2 is 2.15 bits per heavy atom. The number of amides is 2. The summed E-state index contributed by atoms with van der Waals surface area (Å²) in [7, 11) is 0. The zero-order chi connectivity index (χ0) is 18.3. The first-order valence-corrected chi connectivity index (χ1v) is 9.98. The molecule has 1 spiro atoms. The maximum Gasteiger partial charge on any atom is 0.274 e. The lowest BCUT2D eigenvalue weighted by atomic mass is 9.78. The molecule has 2 aromatic rings. The van der Waals surface area contributed by atoms with Crippen molar-refractivity contribution in [2.45, 2.75) is 32.6 Å². The van der Waals surface area contributed by atoms with Crippen molar-refractivity contribution in [1.82, 2.24) is 19.2 Å². The van der Waals surface area contributed by atoms with E-state index in [9.17, 15) is 14.4 Å². The lowest BCUT2D eigenvalue weighted by Crippen LogP contribution is -2.50. The molecule has 26 heavy (non-hydrogen) atoms. The van der Waals surface area contributed by atoms with Crippen molar-refractivity contribution in [2.75, 3.05) is 26.2 Å². The Morgan fingerprint density at radius 1 is 1.31 bits per heavy atom. The van der Waals surface area contributed by atoms with Gasteiger partial charge in [0.2, 0.25) is 5.91 Å². The molecule has 0 unspecified atom stereocenters. The number of rotatable bonds is 3. The highest BCUT2D eigenvalue weighted by molar-refractivity contribution is 7.15. The maximum absolute atomic E-state index is 13.1. The number of hydrogen-bond acceptors (Lipinski definition) is 5. The van der Waals surface area contributed by atoms with E-state index in [0.717, 1.165) is 32.4 Å². The molecular formula is C18H22N4O3S. The lowest BCUT2D eigenvalue weighted by molar-refractivity contribution is -0.145. The van der Waals surface area contributed by atoms with Crippen LogP contribution in [0.25, 0.3) is 4.96 Å². The van der Waals surface area contributed by atoms with Gasteiger partial charge in [-0.3, -0.25) is 18.8 Å². The van der Waals surface area contributed by atoms with Crippen molar-refractivity contribution in [3.8, 4) is 0 Å². The standard InChI is InChI=1S/C18H22N4O3S/c1-2-6-20-7-3-4-18(16(20)25)5-8-21(12-18)15(24)13-11-14(23)19-17-22(13)9-10-26-17/h9-11H,2-8,12H2,1H3/t18-/m0/s1. The number of thiazole rings is 1. The molecule has 8 heteroatoms. The number of aromatic nitrogens is 2. The second-order valence-electron chi connectivity index (χ2n) is 7.19. The van der Waals surface area contributed by atoms with Gasteiger partial charge in [-0.15, -0.1) is 11.3 Å². The van der Waals surface area contributed by atoms with Crippen molar-refractivity contribution < 1.29 is 9.59 Å². The van der Waals surface area contributed by atoms with Gasteiger partial charge in [0.05, 0.1) is 5.41 Å². The van der Waals surface area contributed by atoms with E-state index in [2.05, 4.69) is 11.9 Å². The maximum atomic E-state index is 13.1. The molecule has 0 aromatic carbocycles. The van der Waals surface area contributed by atoms with Crippen LogP contribution >= 0.6 is 11.3 Å². The second-order valence-corrected chi connectivity index (χ2v) is 8.06. The lowest BCUT2D eigenvalue weighted by Gasteiger charge is -2.39. The number of nitrogens with zero attached hydrogens (tertiary/aromatic N) is 4. The summed E-state index contributed by atoms with van der Waals surface area (Å²) < 4.78 is 1.66. The molecule has 2 aliphatic heterocycles. The van der Waals surface area contributed by atoms with Gasteiger partial charge in [0, 0.05) is 43.8 Å². The summed E-state index contributed by atoms with van der Waals surface area (Å²) in [6.45, 7) is 4.66. The third-order valence-electron chi connectivity index (χ3n) is 5.49. The molecule has 4 heterocycles. The van der Waals surface area contributed by atoms with Crippen molar-refractivity contribution >= 4 is 28.1 Å². The zero-order valence-corrected chi connectivity index (χ0v) is 15.6. The molecule has 138 valence electrons. The molecule has 2 fully saturated rings. The van der Waals surface area contributed by atoms with Crippen molar-refractivity contribution in [1.29, 1.82) is 0 Å². The molecule has 2 aliphatic rings. The molecule has 7 nitrogen and oxygen atoms in total. The number of carbonyl (C=O) groups excluding carboxylic acids is 2. The summed E-state index contributed by atoms with van der Waals surface area (Å²) in [6.07, 6.45) is 5.21. The van der Waals surface area contributed by atoms with E-state index in [1.807, 2.05) is 4.90 Å². The average Bonchev–Trinajstić information content (AvgIpc) is 3.26. The fraction of sp³-hybridized carbons (Fsp3) is 0.556. The number of carbonyl (C=O) groups is 2. The van der Waals surface area contributed by atoms with Crippen LogP contribution in [0.1, 0.15) is 43.1 Å². The van der Waals surface area contributed by atoms with E-state index in [-0.39, 0.29) is 11.8 Å². The van der Waals surface area contributed by atoms with Crippen LogP contribution in [0.4, 0.5) is 0 Å². The first-order valence-electron chi connectivity index (χ1n) is 9.10. The predicted molar refractivity (Wildman–Crippen MR) is 98.4 cm³/mol. The normalized spacial score (nSPS) is 23.3. The van der Waals surface area contributed by atoms with Gasteiger partial charge in [0.25, 0.3) is 11.5 Å². The van der Waals surface area contributed by atoms with E-state index >= 15 is 0 Å². The van der Waals surface area contributed by atoms with Crippen LogP contribution in [-0.4, -0.2) is 57.2 Å². The highest BCUT2D eigenvalue weighted by Crippen LogP contribution is 2.40. The molecular weight excluding hydrogens is 352 g/mol. The Morgan fingerprint density at radius 3 is 2.96 bits per heavy atom. The first kappa shape index (κ1) is 17.2. The Bertz CT molecular complexity index is 919. The zero-order valence-electron chi connectivity index (χ0n) is 14.8. The van der Waals surface area contributed by atoms with Crippen LogP contribution in [0.15, 0.2) is 22.4 Å². The molecule has 0 N–H and O–H groups in total. The molecule has 2 aromatic heterocycles. The fourth-order valence-electron chi connectivity index (χ4n) is 4.24. The smallest absolute Gasteiger partial charge is 0.274 e. The second kappa shape index (κ2) is 6.50. The van der Waals surface area contributed by atoms with Gasteiger partial charge >= 0.3 is 0 Å².